The number of fused-ring (bicyclic) bond motifs is 2. The van der Waals surface area contributed by atoms with Crippen molar-refractivity contribution in [1.82, 2.24) is 19.8 Å². The van der Waals surface area contributed by atoms with Crippen LogP contribution in [0.4, 0.5) is 5.95 Å². The SMILES string of the molecule is Nc1ncc2c(n1)C1(CCN(CCN3CCCCCC3)CC1)OCC2. The highest BCUT2D eigenvalue weighted by Gasteiger charge is 2.42. The number of likely N-dealkylation sites (tertiary alicyclic amines) is 2. The first-order chi connectivity index (χ1) is 12.3. The highest BCUT2D eigenvalue weighted by molar-refractivity contribution is 5.32. The molecule has 0 aliphatic carbocycles. The van der Waals surface area contributed by atoms with Gasteiger partial charge >= 0.3 is 0 Å². The number of hydrogen-bond donors (Lipinski definition) is 1. The van der Waals surface area contributed by atoms with Gasteiger partial charge in [-0.1, -0.05) is 12.8 Å². The molecule has 6 heteroatoms. The molecule has 0 aromatic carbocycles. The normalized spacial score (nSPS) is 24.8. The zero-order valence-electron chi connectivity index (χ0n) is 15.3. The molecule has 3 aliphatic rings. The Morgan fingerprint density at radius 3 is 2.40 bits per heavy atom. The van der Waals surface area contributed by atoms with E-state index in [1.54, 1.807) is 0 Å². The molecule has 0 unspecified atom stereocenters. The minimum absolute atomic E-state index is 0.232. The van der Waals surface area contributed by atoms with Crippen molar-refractivity contribution in [3.05, 3.63) is 17.5 Å². The molecular weight excluding hydrogens is 314 g/mol. The maximum Gasteiger partial charge on any atom is 0.220 e. The van der Waals surface area contributed by atoms with E-state index in [1.807, 2.05) is 6.20 Å². The molecule has 2 N–H and O–H groups in total. The fourth-order valence-corrected chi connectivity index (χ4v) is 4.58. The molecule has 1 aromatic rings. The van der Waals surface area contributed by atoms with Gasteiger partial charge < -0.3 is 20.3 Å². The molecule has 0 radical (unpaired) electrons. The predicted octanol–water partition coefficient (Wildman–Crippen LogP) is 1.80. The van der Waals surface area contributed by atoms with Crippen LogP contribution < -0.4 is 5.73 Å². The summed E-state index contributed by atoms with van der Waals surface area (Å²) < 4.78 is 6.26. The van der Waals surface area contributed by atoms with Crippen LogP contribution in [0, 0.1) is 0 Å². The average Bonchev–Trinajstić information content (AvgIpc) is 2.91. The maximum absolute atomic E-state index is 6.26. The van der Waals surface area contributed by atoms with Gasteiger partial charge in [-0.05, 0) is 50.8 Å². The fourth-order valence-electron chi connectivity index (χ4n) is 4.58. The van der Waals surface area contributed by atoms with Crippen LogP contribution in [0.25, 0.3) is 0 Å². The monoisotopic (exact) mass is 345 g/mol. The van der Waals surface area contributed by atoms with Crippen molar-refractivity contribution in [2.75, 3.05) is 51.6 Å². The van der Waals surface area contributed by atoms with Crippen molar-refractivity contribution in [1.29, 1.82) is 0 Å². The van der Waals surface area contributed by atoms with Crippen molar-refractivity contribution < 1.29 is 4.74 Å². The lowest BCUT2D eigenvalue weighted by molar-refractivity contribution is -0.101. The quantitative estimate of drug-likeness (QED) is 0.901. The third kappa shape index (κ3) is 3.81. The minimum Gasteiger partial charge on any atom is -0.368 e. The molecule has 2 saturated heterocycles. The van der Waals surface area contributed by atoms with Gasteiger partial charge in [-0.2, -0.15) is 0 Å². The van der Waals surface area contributed by atoms with Crippen molar-refractivity contribution in [2.24, 2.45) is 0 Å². The van der Waals surface area contributed by atoms with Gasteiger partial charge in [0.2, 0.25) is 5.95 Å². The molecule has 4 heterocycles. The molecule has 1 aromatic heterocycles. The van der Waals surface area contributed by atoms with Crippen molar-refractivity contribution in [3.63, 3.8) is 0 Å². The van der Waals surface area contributed by atoms with Crippen LogP contribution in [-0.4, -0.2) is 65.6 Å². The molecule has 138 valence electrons. The van der Waals surface area contributed by atoms with Gasteiger partial charge in [0, 0.05) is 32.4 Å². The van der Waals surface area contributed by atoms with Crippen LogP contribution >= 0.6 is 0 Å². The van der Waals surface area contributed by atoms with Crippen LogP contribution in [0.2, 0.25) is 0 Å². The number of anilines is 1. The fraction of sp³-hybridized carbons (Fsp3) is 0.789. The highest BCUT2D eigenvalue weighted by atomic mass is 16.5. The smallest absolute Gasteiger partial charge is 0.220 e. The van der Waals surface area contributed by atoms with Gasteiger partial charge in [-0.25, -0.2) is 9.97 Å². The Labute approximate surface area is 150 Å². The second-order valence-corrected chi connectivity index (χ2v) is 7.79. The zero-order chi connectivity index (χ0) is 17.1. The van der Waals surface area contributed by atoms with Gasteiger partial charge in [0.15, 0.2) is 0 Å². The predicted molar refractivity (Wildman–Crippen MR) is 98.4 cm³/mol. The lowest BCUT2D eigenvalue weighted by Gasteiger charge is -2.44. The number of piperidine rings is 1. The molecule has 0 bridgehead atoms. The molecular formula is C19H31N5O. The lowest BCUT2D eigenvalue weighted by Crippen LogP contribution is -2.48. The largest absolute Gasteiger partial charge is 0.368 e. The summed E-state index contributed by atoms with van der Waals surface area (Å²) in [6, 6.07) is 0. The number of ether oxygens (including phenoxy) is 1. The van der Waals surface area contributed by atoms with E-state index in [4.69, 9.17) is 10.5 Å². The van der Waals surface area contributed by atoms with Crippen molar-refractivity contribution in [2.45, 2.75) is 50.5 Å². The van der Waals surface area contributed by atoms with E-state index in [9.17, 15) is 0 Å². The third-order valence-electron chi connectivity index (χ3n) is 6.16. The van der Waals surface area contributed by atoms with Gasteiger partial charge in [0.1, 0.15) is 5.60 Å². The Kier molecular flexibility index (Phi) is 5.20. The first-order valence-corrected chi connectivity index (χ1v) is 9.96. The summed E-state index contributed by atoms with van der Waals surface area (Å²) in [5.74, 6) is 0.368. The van der Waals surface area contributed by atoms with Gasteiger partial charge in [0.05, 0.1) is 12.3 Å². The number of aromatic nitrogens is 2. The molecule has 4 rings (SSSR count). The molecule has 1 spiro atoms. The molecule has 0 atom stereocenters. The van der Waals surface area contributed by atoms with Crippen LogP contribution in [0.15, 0.2) is 6.20 Å². The van der Waals surface area contributed by atoms with E-state index in [-0.39, 0.29) is 5.60 Å². The summed E-state index contributed by atoms with van der Waals surface area (Å²) in [7, 11) is 0. The highest BCUT2D eigenvalue weighted by Crippen LogP contribution is 2.40. The third-order valence-corrected chi connectivity index (χ3v) is 6.16. The van der Waals surface area contributed by atoms with E-state index in [2.05, 4.69) is 19.8 Å². The summed E-state index contributed by atoms with van der Waals surface area (Å²) in [6.07, 6.45) is 10.4. The summed E-state index contributed by atoms with van der Waals surface area (Å²) in [4.78, 5) is 14.0. The Morgan fingerprint density at radius 1 is 1.00 bits per heavy atom. The van der Waals surface area contributed by atoms with Crippen molar-refractivity contribution >= 4 is 5.95 Å². The Hall–Kier alpha value is -1.24. The van der Waals surface area contributed by atoms with Gasteiger partial charge in [-0.3, -0.25) is 0 Å². The van der Waals surface area contributed by atoms with E-state index in [1.165, 1.54) is 57.4 Å². The Bertz CT molecular complexity index is 577. The van der Waals surface area contributed by atoms with Crippen LogP contribution in [-0.2, 0) is 16.8 Å². The lowest BCUT2D eigenvalue weighted by atomic mass is 9.83. The van der Waals surface area contributed by atoms with Gasteiger partial charge in [-0.15, -0.1) is 0 Å². The number of rotatable bonds is 3. The average molecular weight is 345 g/mol. The Morgan fingerprint density at radius 2 is 1.68 bits per heavy atom. The first-order valence-electron chi connectivity index (χ1n) is 9.96. The van der Waals surface area contributed by atoms with Crippen LogP contribution in [0.3, 0.4) is 0 Å². The van der Waals surface area contributed by atoms with E-state index < -0.39 is 0 Å². The number of nitrogens with zero attached hydrogens (tertiary/aromatic N) is 4. The van der Waals surface area contributed by atoms with Gasteiger partial charge in [0.25, 0.3) is 0 Å². The number of nitrogens with two attached hydrogens (primary N) is 1. The summed E-state index contributed by atoms with van der Waals surface area (Å²) >= 11 is 0. The first kappa shape index (κ1) is 17.2. The molecule has 0 amide bonds. The number of hydrogen-bond acceptors (Lipinski definition) is 6. The van der Waals surface area contributed by atoms with Crippen molar-refractivity contribution in [3.8, 4) is 0 Å². The second-order valence-electron chi connectivity index (χ2n) is 7.79. The summed E-state index contributed by atoms with van der Waals surface area (Å²) in [5, 5.41) is 0. The molecule has 6 nitrogen and oxygen atoms in total. The van der Waals surface area contributed by atoms with E-state index >= 15 is 0 Å². The van der Waals surface area contributed by atoms with E-state index in [0.717, 1.165) is 44.7 Å². The maximum atomic E-state index is 6.26. The topological polar surface area (TPSA) is 67.5 Å². The van der Waals surface area contributed by atoms with Crippen LogP contribution in [0.1, 0.15) is 49.8 Å². The van der Waals surface area contributed by atoms with E-state index in [0.29, 0.717) is 5.95 Å². The summed E-state index contributed by atoms with van der Waals surface area (Å²) in [6.45, 7) is 7.88. The molecule has 2 fully saturated rings. The standard InChI is InChI=1S/C19H31N5O/c20-18-21-15-16-5-14-25-19(17(16)22-18)6-10-24(11-7-19)13-12-23-8-3-1-2-4-9-23/h15H,1-14H2,(H2,20,21,22). The number of nitrogen functional groups attached to an aromatic ring is 1. The van der Waals surface area contributed by atoms with Crippen LogP contribution in [0.5, 0.6) is 0 Å². The molecule has 0 saturated carbocycles. The molecule has 3 aliphatic heterocycles. The zero-order valence-corrected chi connectivity index (χ0v) is 15.3. The second kappa shape index (κ2) is 7.56. The Balaban J connectivity index is 1.35. The summed E-state index contributed by atoms with van der Waals surface area (Å²) in [5.41, 5.74) is 7.89. The minimum atomic E-state index is -0.232. The molecule has 25 heavy (non-hydrogen) atoms.